The van der Waals surface area contributed by atoms with E-state index in [1.165, 1.54) is 4.80 Å². The third-order valence-corrected chi connectivity index (χ3v) is 3.83. The molecule has 1 amide bonds. The molecule has 0 unspecified atom stereocenters. The van der Waals surface area contributed by atoms with Crippen molar-refractivity contribution in [2.45, 2.75) is 13.5 Å². The Morgan fingerprint density at radius 3 is 2.54 bits per heavy atom. The highest BCUT2D eigenvalue weighted by molar-refractivity contribution is 5.90. The van der Waals surface area contributed by atoms with Gasteiger partial charge in [-0.3, -0.25) is 4.79 Å². The van der Waals surface area contributed by atoms with Crippen molar-refractivity contribution in [2.24, 2.45) is 0 Å². The Bertz CT molecular complexity index is 940. The van der Waals surface area contributed by atoms with E-state index in [0.29, 0.717) is 40.9 Å². The van der Waals surface area contributed by atoms with Gasteiger partial charge in [-0.2, -0.15) is 4.80 Å². The molecule has 2 aromatic carbocycles. The fourth-order valence-electron chi connectivity index (χ4n) is 2.51. The molecule has 0 fully saturated rings. The summed E-state index contributed by atoms with van der Waals surface area (Å²) in [6, 6.07) is 12.4. The first kappa shape index (κ1) is 19.2. The van der Waals surface area contributed by atoms with E-state index in [1.54, 1.807) is 56.7 Å². The van der Waals surface area contributed by atoms with Gasteiger partial charge in [0, 0.05) is 11.3 Å². The van der Waals surface area contributed by atoms with E-state index >= 15 is 0 Å². The Morgan fingerprint density at radius 1 is 1.07 bits per heavy atom. The topological polar surface area (TPSA) is 100 Å². The molecule has 0 radical (unpaired) electrons. The van der Waals surface area contributed by atoms with Gasteiger partial charge in [-0.1, -0.05) is 0 Å². The molecular weight excluding hydrogens is 362 g/mol. The van der Waals surface area contributed by atoms with E-state index in [9.17, 15) is 4.79 Å². The Morgan fingerprint density at radius 2 is 1.86 bits per heavy atom. The van der Waals surface area contributed by atoms with Crippen LogP contribution in [0.5, 0.6) is 17.2 Å². The number of rotatable bonds is 8. The number of ether oxygens (including phenoxy) is 3. The van der Waals surface area contributed by atoms with E-state index in [4.69, 9.17) is 14.2 Å². The number of nitrogens with one attached hydrogen (secondary N) is 1. The van der Waals surface area contributed by atoms with Crippen LogP contribution in [0.3, 0.4) is 0 Å². The fourth-order valence-corrected chi connectivity index (χ4v) is 2.51. The molecule has 9 nitrogen and oxygen atoms in total. The monoisotopic (exact) mass is 383 g/mol. The van der Waals surface area contributed by atoms with Crippen molar-refractivity contribution < 1.29 is 19.0 Å². The van der Waals surface area contributed by atoms with Crippen molar-refractivity contribution in [2.75, 3.05) is 26.1 Å². The van der Waals surface area contributed by atoms with Gasteiger partial charge in [-0.15, -0.1) is 10.2 Å². The van der Waals surface area contributed by atoms with Gasteiger partial charge in [0.05, 0.1) is 20.8 Å². The molecule has 0 aliphatic carbocycles. The smallest absolute Gasteiger partial charge is 0.248 e. The molecule has 0 spiro atoms. The molecule has 0 bridgehead atoms. The lowest BCUT2D eigenvalue weighted by atomic mass is 10.2. The van der Waals surface area contributed by atoms with Gasteiger partial charge in [0.2, 0.25) is 11.7 Å². The van der Waals surface area contributed by atoms with Gasteiger partial charge in [0.1, 0.15) is 12.3 Å². The zero-order valence-electron chi connectivity index (χ0n) is 15.9. The maximum atomic E-state index is 12.2. The minimum absolute atomic E-state index is 0.0620. The van der Waals surface area contributed by atoms with Gasteiger partial charge in [0.15, 0.2) is 11.5 Å². The molecule has 0 saturated carbocycles. The maximum absolute atomic E-state index is 12.2. The number of amides is 1. The number of anilines is 1. The van der Waals surface area contributed by atoms with Crippen LogP contribution in [0.2, 0.25) is 0 Å². The molecule has 0 aliphatic heterocycles. The van der Waals surface area contributed by atoms with Crippen LogP contribution in [-0.4, -0.2) is 46.9 Å². The number of hydrogen-bond donors (Lipinski definition) is 1. The lowest BCUT2D eigenvalue weighted by Crippen LogP contribution is -2.20. The summed E-state index contributed by atoms with van der Waals surface area (Å²) in [6.07, 6.45) is 0. The van der Waals surface area contributed by atoms with E-state index in [0.717, 1.165) is 0 Å². The van der Waals surface area contributed by atoms with Crippen molar-refractivity contribution in [3.05, 3.63) is 42.5 Å². The lowest BCUT2D eigenvalue weighted by molar-refractivity contribution is -0.117. The summed E-state index contributed by atoms with van der Waals surface area (Å²) in [7, 11) is 3.16. The normalized spacial score (nSPS) is 10.4. The quantitative estimate of drug-likeness (QED) is 0.637. The Labute approximate surface area is 162 Å². The average molecular weight is 383 g/mol. The van der Waals surface area contributed by atoms with Crippen LogP contribution < -0.4 is 19.5 Å². The van der Waals surface area contributed by atoms with Crippen LogP contribution in [0, 0.1) is 0 Å². The largest absolute Gasteiger partial charge is 0.497 e. The molecule has 146 valence electrons. The Hall–Kier alpha value is -3.62. The molecule has 1 N–H and O–H groups in total. The summed E-state index contributed by atoms with van der Waals surface area (Å²) in [5.41, 5.74) is 1.37. The summed E-state index contributed by atoms with van der Waals surface area (Å²) >= 11 is 0. The number of nitrogens with zero attached hydrogens (tertiary/aromatic N) is 4. The number of tetrazole rings is 1. The third kappa shape index (κ3) is 4.56. The maximum Gasteiger partial charge on any atom is 0.248 e. The van der Waals surface area contributed by atoms with Gasteiger partial charge >= 0.3 is 0 Å². The lowest BCUT2D eigenvalue weighted by Gasteiger charge is -2.09. The van der Waals surface area contributed by atoms with Gasteiger partial charge in [-0.25, -0.2) is 0 Å². The van der Waals surface area contributed by atoms with Gasteiger partial charge in [-0.05, 0) is 54.6 Å². The molecule has 28 heavy (non-hydrogen) atoms. The average Bonchev–Trinajstić information content (AvgIpc) is 3.17. The molecule has 0 aliphatic rings. The number of methoxy groups -OCH3 is 2. The first-order valence-corrected chi connectivity index (χ1v) is 8.66. The highest BCUT2D eigenvalue weighted by atomic mass is 16.5. The SMILES string of the molecule is CCOc1cc(-c2nnn(CC(=O)Nc3ccc(OC)cc3)n2)ccc1OC. The highest BCUT2D eigenvalue weighted by Gasteiger charge is 2.13. The number of carbonyl (C=O) groups is 1. The molecule has 9 heteroatoms. The number of benzene rings is 2. The van der Waals surface area contributed by atoms with Gasteiger partial charge < -0.3 is 19.5 Å². The first-order chi connectivity index (χ1) is 13.6. The highest BCUT2D eigenvalue weighted by Crippen LogP contribution is 2.31. The number of carbonyl (C=O) groups excluding carboxylic acids is 1. The second-order valence-electron chi connectivity index (χ2n) is 5.72. The zero-order valence-corrected chi connectivity index (χ0v) is 15.9. The molecule has 0 atom stereocenters. The second kappa shape index (κ2) is 8.85. The fraction of sp³-hybridized carbons (Fsp3) is 0.263. The predicted molar refractivity (Wildman–Crippen MR) is 103 cm³/mol. The molecule has 3 aromatic rings. The zero-order chi connectivity index (χ0) is 19.9. The van der Waals surface area contributed by atoms with Crippen molar-refractivity contribution in [1.29, 1.82) is 0 Å². The summed E-state index contributed by atoms with van der Waals surface area (Å²) in [5.74, 6) is 2.05. The van der Waals surface area contributed by atoms with E-state index in [-0.39, 0.29) is 12.5 Å². The van der Waals surface area contributed by atoms with Crippen molar-refractivity contribution in [3.8, 4) is 28.6 Å². The third-order valence-electron chi connectivity index (χ3n) is 3.83. The van der Waals surface area contributed by atoms with Crippen LogP contribution in [0.4, 0.5) is 5.69 Å². The van der Waals surface area contributed by atoms with Crippen LogP contribution in [0.15, 0.2) is 42.5 Å². The predicted octanol–water partition coefficient (Wildman–Crippen LogP) is 2.39. The summed E-state index contributed by atoms with van der Waals surface area (Å²) < 4.78 is 15.9. The standard InChI is InChI=1S/C19H21N5O4/c1-4-28-17-11-13(5-10-16(17)27-3)19-21-23-24(22-19)12-18(25)20-14-6-8-15(26-2)9-7-14/h5-11H,4,12H2,1-3H3,(H,20,25). The van der Waals surface area contributed by atoms with Crippen LogP contribution in [0.25, 0.3) is 11.4 Å². The molecule has 1 heterocycles. The Balaban J connectivity index is 1.68. The molecule has 3 rings (SSSR count). The van der Waals surface area contributed by atoms with E-state index < -0.39 is 0 Å². The van der Waals surface area contributed by atoms with Crippen LogP contribution >= 0.6 is 0 Å². The van der Waals surface area contributed by atoms with Crippen molar-refractivity contribution >= 4 is 11.6 Å². The van der Waals surface area contributed by atoms with E-state index in [1.807, 2.05) is 6.92 Å². The Kier molecular flexibility index (Phi) is 6.05. The summed E-state index contributed by atoms with van der Waals surface area (Å²) in [5, 5.41) is 15.0. The molecule has 1 aromatic heterocycles. The van der Waals surface area contributed by atoms with Gasteiger partial charge in [0.25, 0.3) is 0 Å². The first-order valence-electron chi connectivity index (χ1n) is 8.66. The van der Waals surface area contributed by atoms with E-state index in [2.05, 4.69) is 20.7 Å². The van der Waals surface area contributed by atoms with Crippen molar-refractivity contribution in [3.63, 3.8) is 0 Å². The molecular formula is C19H21N5O4. The number of hydrogen-bond acceptors (Lipinski definition) is 7. The minimum atomic E-state index is -0.265. The summed E-state index contributed by atoms with van der Waals surface area (Å²) in [4.78, 5) is 13.4. The summed E-state index contributed by atoms with van der Waals surface area (Å²) in [6.45, 7) is 2.33. The molecule has 0 saturated heterocycles. The van der Waals surface area contributed by atoms with Crippen LogP contribution in [-0.2, 0) is 11.3 Å². The number of aromatic nitrogens is 4. The minimum Gasteiger partial charge on any atom is -0.497 e. The van der Waals surface area contributed by atoms with Crippen molar-refractivity contribution in [1.82, 2.24) is 20.2 Å². The van der Waals surface area contributed by atoms with Crippen LogP contribution in [0.1, 0.15) is 6.92 Å². The second-order valence-corrected chi connectivity index (χ2v) is 5.72.